The lowest BCUT2D eigenvalue weighted by Gasteiger charge is -2.29. The molecule has 0 bridgehead atoms. The molecule has 0 radical (unpaired) electrons. The Kier molecular flexibility index (Phi) is 6.37. The number of hydrogen-bond donors (Lipinski definition) is 2. The fourth-order valence-corrected chi connectivity index (χ4v) is 2.11. The molecule has 0 aliphatic carbocycles. The van der Waals surface area contributed by atoms with E-state index in [9.17, 15) is 9.59 Å². The van der Waals surface area contributed by atoms with Gasteiger partial charge in [0.1, 0.15) is 6.54 Å². The first kappa shape index (κ1) is 17.2. The van der Waals surface area contributed by atoms with Gasteiger partial charge in [0.25, 0.3) is 0 Å². The van der Waals surface area contributed by atoms with Crippen LogP contribution < -0.4 is 5.32 Å². The van der Waals surface area contributed by atoms with E-state index >= 15 is 0 Å². The van der Waals surface area contributed by atoms with Crippen molar-refractivity contribution < 1.29 is 14.7 Å². The molecule has 5 nitrogen and oxygen atoms in total. The smallest absolute Gasteiger partial charge is 0.322 e. The molecule has 0 aliphatic heterocycles. The molecule has 0 spiro atoms. The molecule has 0 aliphatic rings. The van der Waals surface area contributed by atoms with E-state index in [2.05, 4.69) is 26.1 Å². The van der Waals surface area contributed by atoms with Gasteiger partial charge in [0.2, 0.25) is 5.91 Å². The van der Waals surface area contributed by atoms with Crippen molar-refractivity contribution in [1.29, 1.82) is 0 Å². The first-order valence-corrected chi connectivity index (χ1v) is 7.01. The van der Waals surface area contributed by atoms with Crippen molar-refractivity contribution in [1.82, 2.24) is 10.2 Å². The maximum atomic E-state index is 11.8. The Labute approximate surface area is 126 Å². The Bertz CT molecular complexity index is 466. The number of carboxylic acid groups (broad SMARTS) is 1. The number of benzene rings is 1. The van der Waals surface area contributed by atoms with Gasteiger partial charge in [0.05, 0.1) is 6.54 Å². The lowest BCUT2D eigenvalue weighted by atomic mass is 9.95. The second-order valence-electron chi connectivity index (χ2n) is 6.36. The van der Waals surface area contributed by atoms with Gasteiger partial charge in [-0.15, -0.1) is 0 Å². The van der Waals surface area contributed by atoms with Gasteiger partial charge in [-0.3, -0.25) is 14.5 Å². The van der Waals surface area contributed by atoms with Crippen LogP contribution in [0.15, 0.2) is 30.3 Å². The summed E-state index contributed by atoms with van der Waals surface area (Å²) in [7, 11) is 0. The molecule has 0 saturated carbocycles. The zero-order valence-electron chi connectivity index (χ0n) is 12.9. The van der Waals surface area contributed by atoms with Crippen molar-refractivity contribution in [2.45, 2.75) is 27.3 Å². The molecule has 0 unspecified atom stereocenters. The summed E-state index contributed by atoms with van der Waals surface area (Å²) in [4.78, 5) is 24.3. The van der Waals surface area contributed by atoms with Gasteiger partial charge in [0.15, 0.2) is 0 Å². The number of amides is 1. The Balaban J connectivity index is 2.64. The normalized spacial score (nSPS) is 11.4. The fourth-order valence-electron chi connectivity index (χ4n) is 2.11. The second kappa shape index (κ2) is 7.78. The van der Waals surface area contributed by atoms with E-state index in [-0.39, 0.29) is 24.4 Å². The summed E-state index contributed by atoms with van der Waals surface area (Å²) in [5.41, 5.74) is 1.19. The zero-order valence-corrected chi connectivity index (χ0v) is 12.9. The summed E-state index contributed by atoms with van der Waals surface area (Å²) < 4.78 is 0. The third-order valence-electron chi connectivity index (χ3n) is 2.75. The molecular formula is C16H24N2O3. The molecule has 5 heteroatoms. The van der Waals surface area contributed by atoms with E-state index in [1.54, 1.807) is 0 Å². The van der Waals surface area contributed by atoms with Gasteiger partial charge in [-0.05, 0) is 11.0 Å². The van der Waals surface area contributed by atoms with Gasteiger partial charge in [-0.25, -0.2) is 0 Å². The van der Waals surface area contributed by atoms with E-state index in [4.69, 9.17) is 5.11 Å². The third kappa shape index (κ3) is 8.09. The summed E-state index contributed by atoms with van der Waals surface area (Å²) in [6.07, 6.45) is 0. The Morgan fingerprint density at radius 3 is 2.33 bits per heavy atom. The standard InChI is InChI=1S/C16H24N2O3/c1-16(2,3)12-18(10-13-7-5-4-6-8-13)11-14(19)17-9-15(20)21/h4-8H,9-12H2,1-3H3,(H,17,19)(H,20,21). The van der Waals surface area contributed by atoms with Crippen LogP contribution >= 0.6 is 0 Å². The quantitative estimate of drug-likeness (QED) is 0.803. The van der Waals surface area contributed by atoms with Gasteiger partial charge < -0.3 is 10.4 Å². The number of aliphatic carboxylic acids is 1. The number of carboxylic acids is 1. The number of nitrogens with one attached hydrogen (secondary N) is 1. The third-order valence-corrected chi connectivity index (χ3v) is 2.75. The Morgan fingerprint density at radius 2 is 1.81 bits per heavy atom. The molecule has 0 saturated heterocycles. The fraction of sp³-hybridized carbons (Fsp3) is 0.500. The summed E-state index contributed by atoms with van der Waals surface area (Å²) >= 11 is 0. The minimum absolute atomic E-state index is 0.0574. The predicted octanol–water partition coefficient (Wildman–Crippen LogP) is 1.74. The summed E-state index contributed by atoms with van der Waals surface area (Å²) in [6, 6.07) is 9.93. The highest BCUT2D eigenvalue weighted by atomic mass is 16.4. The highest BCUT2D eigenvalue weighted by Crippen LogP contribution is 2.17. The van der Waals surface area contributed by atoms with E-state index in [1.807, 2.05) is 35.2 Å². The molecule has 0 atom stereocenters. The molecule has 0 fully saturated rings. The summed E-state index contributed by atoms with van der Waals surface area (Å²) in [5.74, 6) is -1.30. The van der Waals surface area contributed by atoms with Crippen LogP contribution in [0.4, 0.5) is 0 Å². The first-order chi connectivity index (χ1) is 9.76. The van der Waals surface area contributed by atoms with Crippen LogP contribution in [0.1, 0.15) is 26.3 Å². The van der Waals surface area contributed by atoms with Crippen LogP contribution in [0.2, 0.25) is 0 Å². The van der Waals surface area contributed by atoms with Crippen LogP contribution in [-0.4, -0.2) is 41.5 Å². The average molecular weight is 292 g/mol. The van der Waals surface area contributed by atoms with Crippen LogP contribution in [0, 0.1) is 5.41 Å². The lowest BCUT2D eigenvalue weighted by Crippen LogP contribution is -2.42. The second-order valence-corrected chi connectivity index (χ2v) is 6.36. The minimum atomic E-state index is -1.03. The van der Waals surface area contributed by atoms with Crippen molar-refractivity contribution in [3.8, 4) is 0 Å². The van der Waals surface area contributed by atoms with Gasteiger partial charge in [0, 0.05) is 13.1 Å². The number of hydrogen-bond acceptors (Lipinski definition) is 3. The van der Waals surface area contributed by atoms with Crippen molar-refractivity contribution in [2.24, 2.45) is 5.41 Å². The molecule has 21 heavy (non-hydrogen) atoms. The zero-order chi connectivity index (χ0) is 15.9. The highest BCUT2D eigenvalue weighted by molar-refractivity contribution is 5.82. The molecule has 1 amide bonds. The minimum Gasteiger partial charge on any atom is -0.480 e. The Morgan fingerprint density at radius 1 is 1.19 bits per heavy atom. The van der Waals surface area contributed by atoms with Crippen LogP contribution in [0.3, 0.4) is 0 Å². The highest BCUT2D eigenvalue weighted by Gasteiger charge is 2.19. The van der Waals surface area contributed by atoms with Crippen LogP contribution in [0.5, 0.6) is 0 Å². The first-order valence-electron chi connectivity index (χ1n) is 7.01. The predicted molar refractivity (Wildman–Crippen MR) is 81.8 cm³/mol. The number of carbonyl (C=O) groups excluding carboxylic acids is 1. The van der Waals surface area contributed by atoms with Gasteiger partial charge in [-0.2, -0.15) is 0 Å². The Hall–Kier alpha value is -1.88. The average Bonchev–Trinajstić information content (AvgIpc) is 2.35. The maximum Gasteiger partial charge on any atom is 0.322 e. The molecule has 0 aromatic heterocycles. The van der Waals surface area contributed by atoms with Crippen molar-refractivity contribution in [3.05, 3.63) is 35.9 Å². The SMILES string of the molecule is CC(C)(C)CN(CC(=O)NCC(=O)O)Cc1ccccc1. The van der Waals surface area contributed by atoms with E-state index in [0.717, 1.165) is 12.1 Å². The molecule has 2 N–H and O–H groups in total. The van der Waals surface area contributed by atoms with Crippen LogP contribution in [0.25, 0.3) is 0 Å². The van der Waals surface area contributed by atoms with E-state index < -0.39 is 5.97 Å². The molecule has 0 heterocycles. The van der Waals surface area contributed by atoms with E-state index in [1.165, 1.54) is 0 Å². The van der Waals surface area contributed by atoms with Crippen molar-refractivity contribution in [2.75, 3.05) is 19.6 Å². The maximum absolute atomic E-state index is 11.8. The molecular weight excluding hydrogens is 268 g/mol. The lowest BCUT2D eigenvalue weighted by molar-refractivity contribution is -0.138. The molecule has 1 aromatic rings. The van der Waals surface area contributed by atoms with Gasteiger partial charge >= 0.3 is 5.97 Å². The number of nitrogens with zero attached hydrogens (tertiary/aromatic N) is 1. The monoisotopic (exact) mass is 292 g/mol. The summed E-state index contributed by atoms with van der Waals surface area (Å²) in [5, 5.41) is 11.0. The van der Waals surface area contributed by atoms with Crippen LogP contribution in [-0.2, 0) is 16.1 Å². The number of rotatable bonds is 7. The van der Waals surface area contributed by atoms with Gasteiger partial charge in [-0.1, -0.05) is 51.1 Å². The van der Waals surface area contributed by atoms with Crippen molar-refractivity contribution >= 4 is 11.9 Å². The largest absolute Gasteiger partial charge is 0.480 e. The summed E-state index contributed by atoms with van der Waals surface area (Å²) in [6.45, 7) is 7.61. The topological polar surface area (TPSA) is 69.6 Å². The molecule has 116 valence electrons. The molecule has 1 aromatic carbocycles. The number of carbonyl (C=O) groups is 2. The van der Waals surface area contributed by atoms with E-state index in [0.29, 0.717) is 6.54 Å². The molecule has 1 rings (SSSR count). The van der Waals surface area contributed by atoms with Crippen molar-refractivity contribution in [3.63, 3.8) is 0 Å².